The van der Waals surface area contributed by atoms with Gasteiger partial charge in [-0.05, 0) is 30.7 Å². The zero-order valence-corrected chi connectivity index (χ0v) is 10.00. The first-order valence-electron chi connectivity index (χ1n) is 3.66. The van der Waals surface area contributed by atoms with Gasteiger partial charge in [0, 0.05) is 5.30 Å². The Labute approximate surface area is 88.2 Å². The summed E-state index contributed by atoms with van der Waals surface area (Å²) in [4.78, 5) is 9.58. The van der Waals surface area contributed by atoms with Gasteiger partial charge in [-0.15, -0.1) is 12.2 Å². The van der Waals surface area contributed by atoms with Crippen molar-refractivity contribution in [2.24, 2.45) is 0 Å². The summed E-state index contributed by atoms with van der Waals surface area (Å²) in [6.45, 7) is 1.88. The lowest BCUT2D eigenvalue weighted by Crippen LogP contribution is -2.04. The molecule has 0 amide bonds. The highest BCUT2D eigenvalue weighted by molar-refractivity contribution is 8.63. The normalized spacial score (nSPS) is 15.1. The van der Waals surface area contributed by atoms with Crippen LogP contribution in [0, 0.1) is 6.92 Å². The van der Waals surface area contributed by atoms with Crippen LogP contribution < -0.4 is 10.0 Å². The second-order valence-corrected chi connectivity index (χ2v) is 8.40. The molecule has 1 rings (SSSR count). The molecule has 5 heteroatoms. The van der Waals surface area contributed by atoms with Gasteiger partial charge in [-0.2, -0.15) is 0 Å². The predicted molar refractivity (Wildman–Crippen MR) is 62.9 cm³/mol. The zero-order chi connectivity index (χ0) is 10.1. The molecule has 1 unspecified atom stereocenters. The highest BCUT2D eigenvalue weighted by Gasteiger charge is 2.13. The van der Waals surface area contributed by atoms with Crippen LogP contribution in [-0.4, -0.2) is 12.0 Å². The lowest BCUT2D eigenvalue weighted by Gasteiger charge is -2.12. The van der Waals surface area contributed by atoms with Gasteiger partial charge in [-0.25, -0.2) is 0 Å². The monoisotopic (exact) mass is 234 g/mol. The van der Waals surface area contributed by atoms with Crippen LogP contribution in [0.2, 0.25) is 0 Å². The molecule has 1 N–H and O–H groups in total. The largest absolute Gasteiger partial charge is 0.497 e. The topological polar surface area (TPSA) is 29.5 Å². The Hall–Kier alpha value is -0.0200. The maximum atomic E-state index is 9.58. The third-order valence-electron chi connectivity index (χ3n) is 1.72. The highest BCUT2D eigenvalue weighted by Crippen LogP contribution is 2.45. The molecular weight excluding hydrogens is 223 g/mol. The van der Waals surface area contributed by atoms with Gasteiger partial charge in [0.15, 0.2) is 0 Å². The maximum absolute atomic E-state index is 9.58. The van der Waals surface area contributed by atoms with E-state index in [1.165, 1.54) is 0 Å². The van der Waals surface area contributed by atoms with Crippen LogP contribution in [0.25, 0.3) is 0 Å². The van der Waals surface area contributed by atoms with Gasteiger partial charge in [-0.3, -0.25) is 0 Å². The van der Waals surface area contributed by atoms with E-state index >= 15 is 0 Å². The fourth-order valence-electron chi connectivity index (χ4n) is 1.08. The molecule has 0 saturated heterocycles. The summed E-state index contributed by atoms with van der Waals surface area (Å²) in [5, 5.41) is 0.728. The van der Waals surface area contributed by atoms with Crippen LogP contribution in [0.4, 0.5) is 0 Å². The van der Waals surface area contributed by atoms with Gasteiger partial charge in [-0.1, -0.05) is 11.8 Å². The molecule has 0 radical (unpaired) electrons. The summed E-state index contributed by atoms with van der Waals surface area (Å²) < 4.78 is 5.03. The van der Waals surface area contributed by atoms with Gasteiger partial charge in [0.25, 0.3) is 0 Å². The Kier molecular flexibility index (Phi) is 3.41. The number of hydrogen-bond acceptors (Lipinski definition) is 2. The molecule has 0 aliphatic heterocycles. The summed E-state index contributed by atoms with van der Waals surface area (Å²) in [5.74, 6) is 0.762. The molecule has 72 valence electrons. The van der Waals surface area contributed by atoms with E-state index in [1.54, 1.807) is 19.2 Å². The van der Waals surface area contributed by atoms with Gasteiger partial charge in [0.1, 0.15) is 11.2 Å². The minimum atomic E-state index is -2.61. The van der Waals surface area contributed by atoms with Crippen LogP contribution in [0.5, 0.6) is 5.75 Å². The Bertz CT molecular complexity index is 359. The minimum absolute atomic E-state index is 0.728. The van der Waals surface area contributed by atoms with Crippen molar-refractivity contribution in [3.63, 3.8) is 0 Å². The number of rotatable bonds is 2. The first-order chi connectivity index (χ1) is 5.95. The van der Waals surface area contributed by atoms with Crippen molar-refractivity contribution >= 4 is 34.8 Å². The Morgan fingerprint density at radius 3 is 2.54 bits per heavy atom. The van der Waals surface area contributed by atoms with E-state index < -0.39 is 5.47 Å². The molecule has 2 nitrogen and oxygen atoms in total. The molecule has 0 heterocycles. The van der Waals surface area contributed by atoms with Crippen molar-refractivity contribution in [3.05, 3.63) is 23.8 Å². The van der Waals surface area contributed by atoms with Crippen LogP contribution in [0.1, 0.15) is 5.56 Å². The van der Waals surface area contributed by atoms with E-state index in [0.717, 1.165) is 16.6 Å². The van der Waals surface area contributed by atoms with Crippen molar-refractivity contribution in [1.29, 1.82) is 0 Å². The van der Waals surface area contributed by atoms with E-state index in [1.807, 2.05) is 13.0 Å². The molecule has 13 heavy (non-hydrogen) atoms. The molecular formula is C8H11O2PS2. The number of benzene rings is 1. The van der Waals surface area contributed by atoms with E-state index in [2.05, 4.69) is 12.2 Å². The fraction of sp³-hybridized carbons (Fsp3) is 0.250. The number of aryl methyl sites for hydroxylation is 1. The van der Waals surface area contributed by atoms with Gasteiger partial charge in [0.2, 0.25) is 0 Å². The second kappa shape index (κ2) is 4.01. The van der Waals surface area contributed by atoms with Crippen LogP contribution in [0.3, 0.4) is 0 Å². The molecule has 0 aliphatic carbocycles. The number of ether oxygens (including phenoxy) is 1. The van der Waals surface area contributed by atoms with E-state index in [9.17, 15) is 4.89 Å². The van der Waals surface area contributed by atoms with Crippen molar-refractivity contribution in [2.45, 2.75) is 6.92 Å². The molecule has 0 spiro atoms. The Balaban J connectivity index is 3.21. The molecule has 0 aromatic heterocycles. The number of methoxy groups -OCH3 is 1. The lowest BCUT2D eigenvalue weighted by atomic mass is 10.2. The van der Waals surface area contributed by atoms with Crippen LogP contribution in [-0.2, 0) is 11.8 Å². The third-order valence-corrected chi connectivity index (χ3v) is 4.08. The molecule has 0 bridgehead atoms. The lowest BCUT2D eigenvalue weighted by molar-refractivity contribution is 0.414. The first-order valence-corrected chi connectivity index (χ1v) is 7.56. The van der Waals surface area contributed by atoms with Gasteiger partial charge in [0.05, 0.1) is 7.11 Å². The zero-order valence-electron chi connectivity index (χ0n) is 7.39. The van der Waals surface area contributed by atoms with Gasteiger partial charge < -0.3 is 9.63 Å². The Morgan fingerprint density at radius 2 is 2.15 bits per heavy atom. The first kappa shape index (κ1) is 11.1. The standard InChI is InChI=1S/C8H11O2PS2/c1-6-5-7(10-2)3-4-8(6)11(9,12)13/h3-5H,1-2H3,(H2,9,12,13). The van der Waals surface area contributed by atoms with E-state index in [-0.39, 0.29) is 0 Å². The predicted octanol–water partition coefficient (Wildman–Crippen LogP) is 1.86. The van der Waals surface area contributed by atoms with Crippen molar-refractivity contribution < 1.29 is 9.63 Å². The van der Waals surface area contributed by atoms with Crippen molar-refractivity contribution in [1.82, 2.24) is 0 Å². The average Bonchev–Trinajstić information content (AvgIpc) is 2.01. The molecule has 1 aromatic rings. The summed E-state index contributed by atoms with van der Waals surface area (Å²) in [6, 6.07) is 5.38. The van der Waals surface area contributed by atoms with E-state index in [4.69, 9.17) is 16.5 Å². The summed E-state index contributed by atoms with van der Waals surface area (Å²) in [7, 11) is 1.60. The fourth-order valence-corrected chi connectivity index (χ4v) is 3.16. The molecule has 0 fully saturated rings. The molecule has 1 aromatic carbocycles. The maximum Gasteiger partial charge on any atom is 0.143 e. The molecule has 0 saturated carbocycles. The SMILES string of the molecule is COc1ccc(P(O)(=S)S)c(C)c1. The quantitative estimate of drug-likeness (QED) is 0.604. The number of thiol groups is 1. The summed E-state index contributed by atoms with van der Waals surface area (Å²) in [5.41, 5.74) is -1.70. The second-order valence-electron chi connectivity index (χ2n) is 2.70. The molecule has 1 atom stereocenters. The summed E-state index contributed by atoms with van der Waals surface area (Å²) >= 11 is 8.93. The smallest absolute Gasteiger partial charge is 0.143 e. The average molecular weight is 234 g/mol. The number of hydrogen-bond donors (Lipinski definition) is 2. The van der Waals surface area contributed by atoms with Crippen LogP contribution >= 0.6 is 17.7 Å². The third kappa shape index (κ3) is 2.71. The highest BCUT2D eigenvalue weighted by atomic mass is 32.9. The van der Waals surface area contributed by atoms with E-state index in [0.29, 0.717) is 0 Å². The minimum Gasteiger partial charge on any atom is -0.497 e. The van der Waals surface area contributed by atoms with Crippen molar-refractivity contribution in [2.75, 3.05) is 7.11 Å². The van der Waals surface area contributed by atoms with Crippen molar-refractivity contribution in [3.8, 4) is 5.75 Å². The Morgan fingerprint density at radius 1 is 1.54 bits per heavy atom. The van der Waals surface area contributed by atoms with Gasteiger partial charge >= 0.3 is 0 Å². The van der Waals surface area contributed by atoms with Crippen LogP contribution in [0.15, 0.2) is 18.2 Å². The summed E-state index contributed by atoms with van der Waals surface area (Å²) in [6.07, 6.45) is 0. The molecule has 0 aliphatic rings.